The zero-order chi connectivity index (χ0) is 54.1. The van der Waals surface area contributed by atoms with E-state index >= 15 is 0 Å². The number of ether oxygens (including phenoxy) is 3. The molecular weight excluding hydrogens is 952 g/mol. The van der Waals surface area contributed by atoms with Crippen LogP contribution in [0.25, 0.3) is 0 Å². The van der Waals surface area contributed by atoms with Crippen molar-refractivity contribution in [1.29, 1.82) is 0 Å². The normalized spacial score (nSPS) is 13.9. The highest BCUT2D eigenvalue weighted by Crippen LogP contribution is 2.43. The van der Waals surface area contributed by atoms with E-state index in [2.05, 4.69) is 93.7 Å². The molecule has 428 valence electrons. The molecule has 0 saturated carbocycles. The number of aliphatic hydroxyl groups is 1. The van der Waals surface area contributed by atoms with Gasteiger partial charge in [0.1, 0.15) is 12.7 Å². The lowest BCUT2D eigenvalue weighted by atomic mass is 10.0. The molecule has 0 radical (unpaired) electrons. The van der Waals surface area contributed by atoms with E-state index in [4.69, 9.17) is 23.3 Å². The summed E-state index contributed by atoms with van der Waals surface area (Å²) >= 11 is 0. The molecule has 0 bridgehead atoms. The molecule has 0 rings (SSSR count). The summed E-state index contributed by atoms with van der Waals surface area (Å²) < 4.78 is 39.5. The van der Waals surface area contributed by atoms with Crippen LogP contribution in [0, 0.1) is 0 Å². The summed E-state index contributed by atoms with van der Waals surface area (Å²) in [4.78, 5) is 48.6. The van der Waals surface area contributed by atoms with Gasteiger partial charge in [-0.15, -0.1) is 0 Å². The molecule has 0 saturated heterocycles. The summed E-state index contributed by atoms with van der Waals surface area (Å²) in [5.74, 6) is -1.49. The van der Waals surface area contributed by atoms with Gasteiger partial charge in [0.15, 0.2) is 6.10 Å². The van der Waals surface area contributed by atoms with Gasteiger partial charge in [-0.2, -0.15) is 0 Å². The number of hydrogen-bond donors (Lipinski definition) is 2. The zero-order valence-electron chi connectivity index (χ0n) is 47.3. The van der Waals surface area contributed by atoms with E-state index in [0.29, 0.717) is 19.3 Å². The summed E-state index contributed by atoms with van der Waals surface area (Å²) in [7, 11) is -4.76. The molecule has 0 amide bonds. The lowest BCUT2D eigenvalue weighted by Crippen LogP contribution is -2.30. The van der Waals surface area contributed by atoms with Gasteiger partial charge in [0, 0.05) is 19.3 Å². The van der Waals surface area contributed by atoms with Crippen molar-refractivity contribution in [3.63, 3.8) is 0 Å². The fourth-order valence-corrected chi connectivity index (χ4v) is 8.87. The highest BCUT2D eigenvalue weighted by molar-refractivity contribution is 7.47. The molecule has 0 aromatic carbocycles. The van der Waals surface area contributed by atoms with Crippen LogP contribution in [0.5, 0.6) is 0 Å². The number of carbonyl (C=O) groups is 3. The Hall–Kier alpha value is -3.08. The molecule has 3 atom stereocenters. The SMILES string of the molecule is CC/C=C\C/C=C\C/C=C\CCCCCCCC(=O)OC(COC(=O)CCCCCCCC/C=C\C/C=C\C/C=C\CCCCC)COP(=O)(O)OCC(CO)OC(=O)CCCCCCCCCCCCCCC. The van der Waals surface area contributed by atoms with E-state index in [1.54, 1.807) is 0 Å². The van der Waals surface area contributed by atoms with Crippen LogP contribution in [-0.2, 0) is 42.2 Å². The maximum atomic E-state index is 12.9. The van der Waals surface area contributed by atoms with Gasteiger partial charge in [0.2, 0.25) is 0 Å². The van der Waals surface area contributed by atoms with Crippen LogP contribution in [0.1, 0.15) is 265 Å². The first-order chi connectivity index (χ1) is 36.2. The third-order valence-electron chi connectivity index (χ3n) is 12.6. The first kappa shape index (κ1) is 70.9. The van der Waals surface area contributed by atoms with Gasteiger partial charge in [-0.3, -0.25) is 23.4 Å². The Kier molecular flexibility index (Phi) is 53.8. The first-order valence-electron chi connectivity index (χ1n) is 29.8. The largest absolute Gasteiger partial charge is 0.472 e. The second-order valence-corrected chi connectivity index (χ2v) is 21.2. The van der Waals surface area contributed by atoms with Crippen LogP contribution in [0.2, 0.25) is 0 Å². The Balaban J connectivity index is 4.75. The molecule has 12 heteroatoms. The summed E-state index contributed by atoms with van der Waals surface area (Å²) in [6, 6.07) is 0. The van der Waals surface area contributed by atoms with E-state index in [9.17, 15) is 28.9 Å². The van der Waals surface area contributed by atoms with Gasteiger partial charge in [-0.1, -0.05) is 229 Å². The molecule has 0 aromatic heterocycles. The molecule has 2 N–H and O–H groups in total. The van der Waals surface area contributed by atoms with Crippen molar-refractivity contribution in [1.82, 2.24) is 0 Å². The Morgan fingerprint density at radius 2 is 0.703 bits per heavy atom. The number of esters is 3. The van der Waals surface area contributed by atoms with Gasteiger partial charge >= 0.3 is 25.7 Å². The minimum absolute atomic E-state index is 0.144. The van der Waals surface area contributed by atoms with Crippen LogP contribution >= 0.6 is 7.82 Å². The predicted octanol–water partition coefficient (Wildman–Crippen LogP) is 17.7. The topological polar surface area (TPSA) is 155 Å². The van der Waals surface area contributed by atoms with Gasteiger partial charge < -0.3 is 24.2 Å². The molecule has 0 aromatic rings. The van der Waals surface area contributed by atoms with Crippen LogP contribution in [0.4, 0.5) is 0 Å². The smallest absolute Gasteiger partial charge is 0.462 e. The van der Waals surface area contributed by atoms with E-state index in [-0.39, 0.29) is 25.9 Å². The lowest BCUT2D eigenvalue weighted by Gasteiger charge is -2.21. The van der Waals surface area contributed by atoms with Crippen LogP contribution in [-0.4, -0.2) is 66.5 Å². The molecule has 3 unspecified atom stereocenters. The number of phosphoric ester groups is 1. The molecule has 11 nitrogen and oxygen atoms in total. The fraction of sp³-hybridized carbons (Fsp3) is 0.758. The third kappa shape index (κ3) is 53.7. The maximum Gasteiger partial charge on any atom is 0.472 e. The Morgan fingerprint density at radius 3 is 1.11 bits per heavy atom. The molecule has 0 heterocycles. The average molecular weight is 1060 g/mol. The number of unbranched alkanes of at least 4 members (excludes halogenated alkanes) is 26. The molecule has 0 aliphatic carbocycles. The van der Waals surface area contributed by atoms with Crippen molar-refractivity contribution in [3.8, 4) is 0 Å². The number of carbonyl (C=O) groups excluding carboxylic acids is 3. The van der Waals surface area contributed by atoms with Crippen molar-refractivity contribution in [3.05, 3.63) is 72.9 Å². The van der Waals surface area contributed by atoms with Gasteiger partial charge in [-0.05, 0) is 89.9 Å². The zero-order valence-corrected chi connectivity index (χ0v) is 48.2. The Morgan fingerprint density at radius 1 is 0.392 bits per heavy atom. The third-order valence-corrected chi connectivity index (χ3v) is 13.6. The van der Waals surface area contributed by atoms with E-state index in [1.165, 1.54) is 83.5 Å². The molecule has 74 heavy (non-hydrogen) atoms. The highest BCUT2D eigenvalue weighted by atomic mass is 31.2. The Labute approximate surface area is 452 Å². The second kappa shape index (κ2) is 56.1. The molecule has 0 spiro atoms. The van der Waals surface area contributed by atoms with Crippen LogP contribution < -0.4 is 0 Å². The quantitative estimate of drug-likeness (QED) is 0.0197. The van der Waals surface area contributed by atoms with Crippen molar-refractivity contribution in [2.24, 2.45) is 0 Å². The molecule has 0 aliphatic heterocycles. The van der Waals surface area contributed by atoms with Crippen molar-refractivity contribution >= 4 is 25.7 Å². The minimum atomic E-state index is -4.76. The van der Waals surface area contributed by atoms with Crippen LogP contribution in [0.3, 0.4) is 0 Å². The molecular formula is C62H109O11P. The van der Waals surface area contributed by atoms with Gasteiger partial charge in [-0.25, -0.2) is 4.57 Å². The van der Waals surface area contributed by atoms with E-state index in [1.807, 2.05) is 0 Å². The monoisotopic (exact) mass is 1060 g/mol. The number of aliphatic hydroxyl groups excluding tert-OH is 1. The number of phosphoric acid groups is 1. The van der Waals surface area contributed by atoms with Crippen molar-refractivity contribution in [2.45, 2.75) is 277 Å². The van der Waals surface area contributed by atoms with E-state index in [0.717, 1.165) is 122 Å². The fourth-order valence-electron chi connectivity index (χ4n) is 8.08. The highest BCUT2D eigenvalue weighted by Gasteiger charge is 2.28. The van der Waals surface area contributed by atoms with E-state index < -0.39 is 57.8 Å². The summed E-state index contributed by atoms with van der Waals surface area (Å²) in [6.07, 6.45) is 62.8. The molecule has 0 aliphatic rings. The predicted molar refractivity (Wildman–Crippen MR) is 307 cm³/mol. The molecule has 0 fully saturated rings. The summed E-state index contributed by atoms with van der Waals surface area (Å²) in [6.45, 7) is 4.49. The van der Waals surface area contributed by atoms with Crippen molar-refractivity contribution in [2.75, 3.05) is 26.4 Å². The lowest BCUT2D eigenvalue weighted by molar-refractivity contribution is -0.161. The van der Waals surface area contributed by atoms with Crippen molar-refractivity contribution < 1.29 is 52.2 Å². The first-order valence-corrected chi connectivity index (χ1v) is 31.3. The average Bonchev–Trinajstić information content (AvgIpc) is 3.39. The van der Waals surface area contributed by atoms with Gasteiger partial charge in [0.05, 0.1) is 19.8 Å². The Bertz CT molecular complexity index is 1520. The standard InChI is InChI=1S/C62H109O11P/c1-4-7-10-13-16-19-22-25-27-28-29-30-32-34-36-39-42-45-48-51-60(64)69-55-59(73-62(66)53-50-47-44-41-38-35-31-26-23-20-17-14-11-8-5-2)57-71-74(67,68)70-56-58(54-63)72-61(65)52-49-46-43-40-37-33-24-21-18-15-12-9-6-3/h8,11,16-17,19-20,25-27,29-31,58-59,63H,4-7,9-10,12-15,18,21-24,28,32-57H2,1-3H3,(H,67,68)/b11-8-,19-16-,20-17-,27-25-,30-29-,31-26-. The van der Waals surface area contributed by atoms with Gasteiger partial charge in [0.25, 0.3) is 0 Å². The van der Waals surface area contributed by atoms with Crippen LogP contribution in [0.15, 0.2) is 72.9 Å². The number of allylic oxidation sites excluding steroid dienone is 12. The second-order valence-electron chi connectivity index (χ2n) is 19.8. The number of hydrogen-bond acceptors (Lipinski definition) is 10. The minimum Gasteiger partial charge on any atom is -0.462 e. The number of rotatable bonds is 55. The maximum absolute atomic E-state index is 12.9. The summed E-state index contributed by atoms with van der Waals surface area (Å²) in [5, 5.41) is 9.81. The summed E-state index contributed by atoms with van der Waals surface area (Å²) in [5.41, 5.74) is 0.